The minimum atomic E-state index is -0.331. The maximum Gasteiger partial charge on any atom is 0.226 e. The summed E-state index contributed by atoms with van der Waals surface area (Å²) in [5, 5.41) is 2.33. The fraction of sp³-hybridized carbons (Fsp3) is 0.217. The summed E-state index contributed by atoms with van der Waals surface area (Å²) in [7, 11) is 1.80. The van der Waals surface area contributed by atoms with Gasteiger partial charge in [0.2, 0.25) is 5.91 Å². The van der Waals surface area contributed by atoms with E-state index in [4.69, 9.17) is 0 Å². The number of amides is 1. The number of nitrogens with zero attached hydrogens (tertiary/aromatic N) is 1. The number of rotatable bonds is 7. The highest BCUT2D eigenvalue weighted by atomic mass is 16.2. The molecule has 0 saturated carbocycles. The maximum absolute atomic E-state index is 12.9. The highest BCUT2D eigenvalue weighted by Gasteiger charge is 2.22. The molecule has 0 spiro atoms. The average molecular weight is 345 g/mol. The van der Waals surface area contributed by atoms with Gasteiger partial charge in [-0.3, -0.25) is 4.79 Å². The van der Waals surface area contributed by atoms with Gasteiger partial charge in [-0.15, -0.1) is 0 Å². The van der Waals surface area contributed by atoms with E-state index in [9.17, 15) is 9.59 Å². The van der Waals surface area contributed by atoms with E-state index in [-0.39, 0.29) is 18.2 Å². The van der Waals surface area contributed by atoms with E-state index in [1.807, 2.05) is 48.5 Å². The number of hydrogen-bond acceptors (Lipinski definition) is 2. The number of hydrogen-bond donors (Lipinski definition) is 0. The molecule has 3 aromatic rings. The molecule has 0 fully saturated rings. The van der Waals surface area contributed by atoms with E-state index < -0.39 is 0 Å². The summed E-state index contributed by atoms with van der Waals surface area (Å²) in [6, 6.07) is 24.3. The largest absolute Gasteiger partial charge is 0.341 e. The van der Waals surface area contributed by atoms with Crippen LogP contribution in [0.4, 0.5) is 0 Å². The van der Waals surface area contributed by atoms with Gasteiger partial charge in [0, 0.05) is 25.9 Å². The lowest BCUT2D eigenvalue weighted by atomic mass is 9.94. The molecule has 132 valence electrons. The fourth-order valence-electron chi connectivity index (χ4n) is 3.28. The minimum absolute atomic E-state index is 0.00844. The molecule has 0 aromatic heterocycles. The van der Waals surface area contributed by atoms with E-state index in [0.717, 1.165) is 22.8 Å². The summed E-state index contributed by atoms with van der Waals surface area (Å²) in [6.45, 7) is 0.548. The minimum Gasteiger partial charge on any atom is -0.341 e. The molecule has 1 atom stereocenters. The van der Waals surface area contributed by atoms with Crippen molar-refractivity contribution in [3.05, 3.63) is 83.9 Å². The maximum atomic E-state index is 12.9. The lowest BCUT2D eigenvalue weighted by Crippen LogP contribution is -2.33. The van der Waals surface area contributed by atoms with Crippen LogP contribution in [0.1, 0.15) is 17.5 Å². The number of benzene rings is 3. The summed E-state index contributed by atoms with van der Waals surface area (Å²) in [5.41, 5.74) is 2.16. The van der Waals surface area contributed by atoms with Crippen molar-refractivity contribution in [1.29, 1.82) is 0 Å². The number of carbonyl (C=O) groups excluding carboxylic acids is 2. The standard InChI is InChI=1S/C23H23NO2/c1-24(17-18-7-3-2-4-8-18)23(26)22(13-14-25)16-19-11-12-20-9-5-6-10-21(20)15-19/h2-12,14-15,22H,13,16-17H2,1H3. The lowest BCUT2D eigenvalue weighted by molar-refractivity contribution is -0.136. The molecule has 0 N–H and O–H groups in total. The molecule has 0 aliphatic rings. The predicted octanol–water partition coefficient (Wildman–Crippen LogP) is 4.25. The third-order valence-corrected chi connectivity index (χ3v) is 4.66. The predicted molar refractivity (Wildman–Crippen MR) is 105 cm³/mol. The SMILES string of the molecule is CN(Cc1ccccc1)C(=O)C(CC=O)Cc1ccc2ccccc2c1. The molecule has 0 radical (unpaired) electrons. The first-order valence-corrected chi connectivity index (χ1v) is 8.87. The van der Waals surface area contributed by atoms with E-state index in [1.54, 1.807) is 11.9 Å². The summed E-state index contributed by atoms with van der Waals surface area (Å²) in [4.78, 5) is 25.7. The Hall–Kier alpha value is -2.94. The van der Waals surface area contributed by atoms with Gasteiger partial charge in [0.1, 0.15) is 6.29 Å². The van der Waals surface area contributed by atoms with E-state index in [2.05, 4.69) is 24.3 Å². The highest BCUT2D eigenvalue weighted by Crippen LogP contribution is 2.20. The summed E-state index contributed by atoms with van der Waals surface area (Å²) in [5.74, 6) is -0.323. The van der Waals surface area contributed by atoms with E-state index in [1.165, 1.54) is 5.39 Å². The van der Waals surface area contributed by atoms with Crippen LogP contribution in [0.2, 0.25) is 0 Å². The van der Waals surface area contributed by atoms with Gasteiger partial charge in [-0.25, -0.2) is 0 Å². The van der Waals surface area contributed by atoms with Gasteiger partial charge in [-0.05, 0) is 28.3 Å². The third kappa shape index (κ3) is 4.37. The zero-order valence-electron chi connectivity index (χ0n) is 15.0. The molecule has 0 heterocycles. The zero-order chi connectivity index (χ0) is 18.4. The van der Waals surface area contributed by atoms with Crippen molar-refractivity contribution in [1.82, 2.24) is 4.90 Å². The van der Waals surface area contributed by atoms with E-state index in [0.29, 0.717) is 13.0 Å². The van der Waals surface area contributed by atoms with Crippen molar-refractivity contribution in [2.75, 3.05) is 7.05 Å². The normalized spacial score (nSPS) is 11.9. The van der Waals surface area contributed by atoms with Gasteiger partial charge >= 0.3 is 0 Å². The second kappa shape index (κ2) is 8.43. The third-order valence-electron chi connectivity index (χ3n) is 4.66. The van der Waals surface area contributed by atoms with Crippen LogP contribution in [0.5, 0.6) is 0 Å². The van der Waals surface area contributed by atoms with Gasteiger partial charge in [0.05, 0.1) is 0 Å². The van der Waals surface area contributed by atoms with E-state index >= 15 is 0 Å². The molecule has 0 saturated heterocycles. The van der Waals surface area contributed by atoms with Gasteiger partial charge < -0.3 is 9.69 Å². The molecule has 3 rings (SSSR count). The quantitative estimate of drug-likeness (QED) is 0.601. The topological polar surface area (TPSA) is 37.4 Å². The molecular weight excluding hydrogens is 322 g/mol. The first-order valence-electron chi connectivity index (χ1n) is 8.87. The number of carbonyl (C=O) groups is 2. The molecule has 0 bridgehead atoms. The Labute approximate surface area is 154 Å². The molecule has 3 heteroatoms. The van der Waals surface area contributed by atoms with Crippen LogP contribution < -0.4 is 0 Å². The van der Waals surface area contributed by atoms with Crippen LogP contribution in [0, 0.1) is 5.92 Å². The van der Waals surface area contributed by atoms with Gasteiger partial charge in [-0.2, -0.15) is 0 Å². The molecular formula is C23H23NO2. The summed E-state index contributed by atoms with van der Waals surface area (Å²) in [6.07, 6.45) is 1.66. The van der Waals surface area contributed by atoms with Gasteiger partial charge in [-0.1, -0.05) is 72.8 Å². The highest BCUT2D eigenvalue weighted by molar-refractivity contribution is 5.84. The second-order valence-electron chi connectivity index (χ2n) is 6.66. The first-order chi connectivity index (χ1) is 12.7. The van der Waals surface area contributed by atoms with Crippen molar-refractivity contribution in [2.45, 2.75) is 19.4 Å². The summed E-state index contributed by atoms with van der Waals surface area (Å²) < 4.78 is 0. The Morgan fingerprint density at radius 1 is 0.923 bits per heavy atom. The Balaban J connectivity index is 1.74. The van der Waals surface area contributed by atoms with Crippen LogP contribution >= 0.6 is 0 Å². The monoisotopic (exact) mass is 345 g/mol. The number of aldehydes is 1. The van der Waals surface area contributed by atoms with Crippen molar-refractivity contribution in [3.8, 4) is 0 Å². The van der Waals surface area contributed by atoms with Crippen LogP contribution in [-0.2, 0) is 22.6 Å². The summed E-state index contributed by atoms with van der Waals surface area (Å²) >= 11 is 0. The average Bonchev–Trinajstić information content (AvgIpc) is 2.67. The van der Waals surface area contributed by atoms with Gasteiger partial charge in [0.15, 0.2) is 0 Å². The van der Waals surface area contributed by atoms with Crippen molar-refractivity contribution < 1.29 is 9.59 Å². The lowest BCUT2D eigenvalue weighted by Gasteiger charge is -2.23. The Morgan fingerprint density at radius 2 is 1.62 bits per heavy atom. The smallest absolute Gasteiger partial charge is 0.226 e. The van der Waals surface area contributed by atoms with Gasteiger partial charge in [0.25, 0.3) is 0 Å². The van der Waals surface area contributed by atoms with Crippen molar-refractivity contribution >= 4 is 23.0 Å². The van der Waals surface area contributed by atoms with Crippen molar-refractivity contribution in [2.24, 2.45) is 5.92 Å². The molecule has 3 nitrogen and oxygen atoms in total. The molecule has 26 heavy (non-hydrogen) atoms. The molecule has 0 aliphatic heterocycles. The van der Waals surface area contributed by atoms with Crippen LogP contribution in [0.3, 0.4) is 0 Å². The van der Waals surface area contributed by atoms with Crippen LogP contribution in [0.25, 0.3) is 10.8 Å². The molecule has 0 aliphatic carbocycles. The van der Waals surface area contributed by atoms with Crippen LogP contribution in [-0.4, -0.2) is 24.1 Å². The van der Waals surface area contributed by atoms with Crippen molar-refractivity contribution in [3.63, 3.8) is 0 Å². The molecule has 1 amide bonds. The Kier molecular flexibility index (Phi) is 5.80. The zero-order valence-corrected chi connectivity index (χ0v) is 15.0. The Morgan fingerprint density at radius 3 is 2.35 bits per heavy atom. The first kappa shape index (κ1) is 17.9. The fourth-order valence-corrected chi connectivity index (χ4v) is 3.28. The molecule has 3 aromatic carbocycles. The number of fused-ring (bicyclic) bond motifs is 1. The second-order valence-corrected chi connectivity index (χ2v) is 6.66. The Bertz CT molecular complexity index is 889. The van der Waals surface area contributed by atoms with Crippen LogP contribution in [0.15, 0.2) is 72.8 Å². The molecule has 1 unspecified atom stereocenters.